The Hall–Kier alpha value is -2.64. The topological polar surface area (TPSA) is 94.8 Å². The molecule has 0 radical (unpaired) electrons. The lowest BCUT2D eigenvalue weighted by atomic mass is 10.1. The Bertz CT molecular complexity index is 996. The van der Waals surface area contributed by atoms with Crippen LogP contribution in [0.25, 0.3) is 11.3 Å². The van der Waals surface area contributed by atoms with Crippen molar-refractivity contribution in [1.29, 1.82) is 0 Å². The molecule has 0 spiro atoms. The molecule has 0 fully saturated rings. The van der Waals surface area contributed by atoms with Gasteiger partial charge in [-0.1, -0.05) is 37.3 Å². The number of nitrogens with one attached hydrogen (secondary N) is 1. The second-order valence-electron chi connectivity index (χ2n) is 5.39. The van der Waals surface area contributed by atoms with Crippen molar-refractivity contribution in [3.63, 3.8) is 0 Å². The molecule has 0 aliphatic rings. The van der Waals surface area contributed by atoms with E-state index in [0.29, 0.717) is 11.5 Å². The number of rotatable bonds is 5. The maximum Gasteiger partial charge on any atom is 0.277 e. The highest BCUT2D eigenvalue weighted by Crippen LogP contribution is 2.30. The minimum Gasteiger partial charge on any atom is -1.00 e. The van der Waals surface area contributed by atoms with Crippen molar-refractivity contribution in [3.8, 4) is 17.0 Å². The van der Waals surface area contributed by atoms with Gasteiger partial charge in [0.25, 0.3) is 5.75 Å². The molecular weight excluding hydrogens is 374 g/mol. The molecule has 26 heavy (non-hydrogen) atoms. The van der Waals surface area contributed by atoms with E-state index in [9.17, 15) is 8.42 Å². The summed E-state index contributed by atoms with van der Waals surface area (Å²) in [6, 6.07) is 15.8. The highest BCUT2D eigenvalue weighted by Gasteiger charge is 2.16. The van der Waals surface area contributed by atoms with Crippen LogP contribution in [0.2, 0.25) is 0 Å². The van der Waals surface area contributed by atoms with E-state index in [1.165, 1.54) is 24.5 Å². The maximum absolute atomic E-state index is 12.0. The van der Waals surface area contributed by atoms with Gasteiger partial charge in [0, 0.05) is 17.7 Å². The van der Waals surface area contributed by atoms with E-state index in [0.717, 1.165) is 11.3 Å². The van der Waals surface area contributed by atoms with Crippen LogP contribution in [0.4, 0.5) is 11.5 Å². The van der Waals surface area contributed by atoms with E-state index in [2.05, 4.69) is 15.3 Å². The van der Waals surface area contributed by atoms with Gasteiger partial charge in [-0.2, -0.15) is 0 Å². The number of benzene rings is 2. The third kappa shape index (κ3) is 4.30. The molecule has 0 amide bonds. The van der Waals surface area contributed by atoms with Crippen molar-refractivity contribution in [2.24, 2.45) is 0 Å². The summed E-state index contributed by atoms with van der Waals surface area (Å²) in [5.74, 6) is 0.693. The Kier molecular flexibility index (Phi) is 6.18. The molecular formula is C18H18ClN3O3S. The summed E-state index contributed by atoms with van der Waals surface area (Å²) >= 11 is 0. The zero-order valence-electron chi connectivity index (χ0n) is 14.0. The monoisotopic (exact) mass is 391 g/mol. The first kappa shape index (κ1) is 19.7. The first-order chi connectivity index (χ1) is 12.0. The van der Waals surface area contributed by atoms with Crippen LogP contribution in [0, 0.1) is 0 Å². The van der Waals surface area contributed by atoms with E-state index in [1.54, 1.807) is 13.0 Å². The summed E-state index contributed by atoms with van der Waals surface area (Å²) in [6.07, 6.45) is 1.43. The molecule has 0 saturated carbocycles. The van der Waals surface area contributed by atoms with Crippen molar-refractivity contribution >= 4 is 21.3 Å². The molecule has 0 bridgehead atoms. The Balaban J connectivity index is 0.00000243. The maximum atomic E-state index is 12.0. The molecule has 0 saturated heterocycles. The predicted octanol–water partition coefficient (Wildman–Crippen LogP) is 0.123. The third-order valence-electron chi connectivity index (χ3n) is 3.73. The van der Waals surface area contributed by atoms with E-state index in [-0.39, 0.29) is 28.8 Å². The standard InChI is InChI=1S/C18H17N3O3S.ClH/c1-2-25(23,24)14-8-9-17(22)16(10-14)21-18-11-15(19-12-20-18)13-6-4-3-5-7-13;/h3-12,22H,2H2,1H3,(H,19,20,21);1H. The molecule has 1 heterocycles. The van der Waals surface area contributed by atoms with Crippen molar-refractivity contribution in [2.45, 2.75) is 11.8 Å². The normalized spacial score (nSPS) is 10.8. The Morgan fingerprint density at radius 2 is 1.77 bits per heavy atom. The van der Waals surface area contributed by atoms with Crippen molar-refractivity contribution in [3.05, 3.63) is 60.9 Å². The summed E-state index contributed by atoms with van der Waals surface area (Å²) in [5.41, 5.74) is 2.07. The summed E-state index contributed by atoms with van der Waals surface area (Å²) in [4.78, 5) is 8.59. The number of hydrogen-bond donors (Lipinski definition) is 1. The van der Waals surface area contributed by atoms with Crippen LogP contribution in [0.1, 0.15) is 6.92 Å². The lowest BCUT2D eigenvalue weighted by molar-refractivity contribution is -0.00000851. The van der Waals surface area contributed by atoms with Crippen LogP contribution in [0.5, 0.6) is 5.75 Å². The van der Waals surface area contributed by atoms with Gasteiger partial charge < -0.3 is 22.8 Å². The van der Waals surface area contributed by atoms with E-state index in [4.69, 9.17) is 5.11 Å². The summed E-state index contributed by atoms with van der Waals surface area (Å²) < 4.78 is 24.1. The zero-order valence-corrected chi connectivity index (χ0v) is 15.6. The highest BCUT2D eigenvalue weighted by molar-refractivity contribution is 7.91. The fourth-order valence-electron chi connectivity index (χ4n) is 2.32. The molecule has 1 aromatic heterocycles. The molecule has 136 valence electrons. The van der Waals surface area contributed by atoms with Gasteiger partial charge in [-0.15, -0.1) is 0 Å². The Morgan fingerprint density at radius 1 is 1.04 bits per heavy atom. The van der Waals surface area contributed by atoms with Crippen LogP contribution < -0.4 is 17.7 Å². The Labute approximate surface area is 158 Å². The number of nitrogens with zero attached hydrogens (tertiary/aromatic N) is 2. The molecule has 3 N–H and O–H groups in total. The summed E-state index contributed by atoms with van der Waals surface area (Å²) in [6.45, 7) is 1.59. The van der Waals surface area contributed by atoms with E-state index >= 15 is 0 Å². The van der Waals surface area contributed by atoms with Gasteiger partial charge in [-0.3, -0.25) is 0 Å². The zero-order chi connectivity index (χ0) is 17.9. The second kappa shape index (κ2) is 8.16. The minimum absolute atomic E-state index is 0. The van der Waals surface area contributed by atoms with Crippen LogP contribution in [0.15, 0.2) is 65.8 Å². The van der Waals surface area contributed by atoms with Gasteiger partial charge >= 0.3 is 0 Å². The number of aromatic nitrogens is 2. The second-order valence-corrected chi connectivity index (χ2v) is 7.67. The fraction of sp³-hybridized carbons (Fsp3) is 0.111. The van der Waals surface area contributed by atoms with Crippen LogP contribution in [0.3, 0.4) is 0 Å². The average molecular weight is 392 g/mol. The van der Waals surface area contributed by atoms with Gasteiger partial charge in [-0.05, 0) is 12.1 Å². The number of sulfone groups is 1. The third-order valence-corrected chi connectivity index (χ3v) is 5.46. The lowest BCUT2D eigenvalue weighted by Crippen LogP contribution is -3.00. The molecule has 3 aromatic rings. The lowest BCUT2D eigenvalue weighted by Gasteiger charge is -2.09. The average Bonchev–Trinajstić information content (AvgIpc) is 2.64. The smallest absolute Gasteiger partial charge is 0.277 e. The van der Waals surface area contributed by atoms with E-state index < -0.39 is 9.84 Å². The largest absolute Gasteiger partial charge is 1.00 e. The minimum atomic E-state index is -3.34. The van der Waals surface area contributed by atoms with Gasteiger partial charge in [0.05, 0.1) is 16.3 Å². The van der Waals surface area contributed by atoms with Crippen LogP contribution in [-0.4, -0.2) is 29.2 Å². The molecule has 0 aliphatic heterocycles. The van der Waals surface area contributed by atoms with E-state index in [1.807, 2.05) is 30.3 Å². The van der Waals surface area contributed by atoms with Gasteiger partial charge in [0.1, 0.15) is 17.8 Å². The van der Waals surface area contributed by atoms with Crippen molar-refractivity contribution < 1.29 is 25.9 Å². The van der Waals surface area contributed by atoms with Gasteiger partial charge in [0.15, 0.2) is 9.84 Å². The molecule has 0 atom stereocenters. The molecule has 8 heteroatoms. The molecule has 6 nitrogen and oxygen atoms in total. The summed E-state index contributed by atoms with van der Waals surface area (Å²) in [7, 11) is -3.34. The number of hydrogen-bond acceptors (Lipinski definition) is 5. The summed E-state index contributed by atoms with van der Waals surface area (Å²) in [5, 5.41) is 11.0. The quantitative estimate of drug-likeness (QED) is 0.623. The van der Waals surface area contributed by atoms with Gasteiger partial charge in [0.2, 0.25) is 0 Å². The highest BCUT2D eigenvalue weighted by atomic mass is 35.5. The van der Waals surface area contributed by atoms with Gasteiger partial charge in [-0.25, -0.2) is 18.4 Å². The number of anilines is 2. The van der Waals surface area contributed by atoms with Crippen molar-refractivity contribution in [2.75, 3.05) is 11.1 Å². The molecule has 2 aromatic carbocycles. The molecule has 3 rings (SSSR count). The SMILES string of the molecule is CCS(=O)(=O)c1ccc([OH2+])c(Nc2cc(-c3ccccc3)ncn2)c1.[Cl-]. The first-order valence-corrected chi connectivity index (χ1v) is 9.38. The molecule has 0 unspecified atom stereocenters. The first-order valence-electron chi connectivity index (χ1n) is 7.72. The number of halogens is 1. The van der Waals surface area contributed by atoms with Crippen molar-refractivity contribution in [1.82, 2.24) is 9.97 Å². The van der Waals surface area contributed by atoms with Crippen LogP contribution >= 0.6 is 0 Å². The Morgan fingerprint density at radius 3 is 2.46 bits per heavy atom. The fourth-order valence-corrected chi connectivity index (χ4v) is 3.22. The van der Waals surface area contributed by atoms with Crippen LogP contribution in [-0.2, 0) is 9.84 Å². The predicted molar refractivity (Wildman–Crippen MR) is 98.0 cm³/mol. The molecule has 0 aliphatic carbocycles.